The summed E-state index contributed by atoms with van der Waals surface area (Å²) < 4.78 is 28.7. The zero-order valence-corrected chi connectivity index (χ0v) is 19.4. The quantitative estimate of drug-likeness (QED) is 0.644. The third-order valence-corrected chi connectivity index (χ3v) is 7.35. The molecule has 0 radical (unpaired) electrons. The zero-order valence-electron chi connectivity index (χ0n) is 17.0. The highest BCUT2D eigenvalue weighted by molar-refractivity contribution is 9.10. The number of anilines is 2. The van der Waals surface area contributed by atoms with E-state index in [1.54, 1.807) is 23.1 Å². The molecule has 0 saturated carbocycles. The lowest BCUT2D eigenvalue weighted by atomic mass is 10.1. The first-order valence-corrected chi connectivity index (χ1v) is 11.8. The summed E-state index contributed by atoms with van der Waals surface area (Å²) in [6, 6.07) is 10.2. The number of carbonyl (C=O) groups is 2. The molecule has 2 N–H and O–H groups in total. The number of hydrogen-bond donors (Lipinski definition) is 2. The molecule has 0 aromatic heterocycles. The van der Waals surface area contributed by atoms with Crippen molar-refractivity contribution in [2.75, 3.05) is 16.8 Å². The molecule has 7 nitrogen and oxygen atoms in total. The van der Waals surface area contributed by atoms with E-state index >= 15 is 0 Å². The number of benzene rings is 2. The number of rotatable bonds is 6. The van der Waals surface area contributed by atoms with Gasteiger partial charge < -0.3 is 10.2 Å². The number of amides is 2. The monoisotopic (exact) mass is 493 g/mol. The third kappa shape index (κ3) is 4.91. The number of nitrogens with one attached hydrogen (secondary N) is 2. The first-order chi connectivity index (χ1) is 14.1. The Bertz CT molecular complexity index is 1100. The molecule has 1 heterocycles. The van der Waals surface area contributed by atoms with E-state index < -0.39 is 10.0 Å². The van der Waals surface area contributed by atoms with Crippen LogP contribution < -0.4 is 14.9 Å². The van der Waals surface area contributed by atoms with Crippen molar-refractivity contribution >= 4 is 49.1 Å². The molecular weight excluding hydrogens is 470 g/mol. The van der Waals surface area contributed by atoms with Crippen molar-refractivity contribution in [3.63, 3.8) is 0 Å². The Kier molecular flexibility index (Phi) is 6.64. The number of carbonyl (C=O) groups excluding carboxylic acids is 2. The second-order valence-electron chi connectivity index (χ2n) is 7.39. The second kappa shape index (κ2) is 8.87. The predicted molar refractivity (Wildman–Crippen MR) is 120 cm³/mol. The van der Waals surface area contributed by atoms with Crippen molar-refractivity contribution in [1.82, 2.24) is 4.72 Å². The van der Waals surface area contributed by atoms with Crippen LogP contribution in [0, 0.1) is 6.92 Å². The molecule has 160 valence electrons. The van der Waals surface area contributed by atoms with Crippen molar-refractivity contribution in [3.8, 4) is 0 Å². The van der Waals surface area contributed by atoms with Crippen LogP contribution >= 0.6 is 15.9 Å². The maximum absolute atomic E-state index is 12.6. The summed E-state index contributed by atoms with van der Waals surface area (Å²) in [6.45, 7) is 5.33. The summed E-state index contributed by atoms with van der Waals surface area (Å²) in [5.41, 5.74) is 3.22. The molecule has 2 aromatic rings. The molecule has 0 fully saturated rings. The topological polar surface area (TPSA) is 95.6 Å². The highest BCUT2D eigenvalue weighted by atomic mass is 79.9. The minimum absolute atomic E-state index is 0.00523. The Morgan fingerprint density at radius 2 is 1.93 bits per heavy atom. The highest BCUT2D eigenvalue weighted by Crippen LogP contribution is 2.33. The van der Waals surface area contributed by atoms with Gasteiger partial charge in [0.25, 0.3) is 0 Å². The molecule has 0 spiro atoms. The minimum Gasteiger partial charge on any atom is -0.326 e. The summed E-state index contributed by atoms with van der Waals surface area (Å²) in [5, 5.41) is 2.76. The van der Waals surface area contributed by atoms with Gasteiger partial charge in [-0.25, -0.2) is 13.1 Å². The Hall–Kier alpha value is -2.23. The van der Waals surface area contributed by atoms with E-state index in [0.29, 0.717) is 12.1 Å². The van der Waals surface area contributed by atoms with Gasteiger partial charge in [0.15, 0.2) is 0 Å². The summed E-state index contributed by atoms with van der Waals surface area (Å²) in [4.78, 5) is 25.8. The summed E-state index contributed by atoms with van der Waals surface area (Å²) in [7, 11) is -3.76. The van der Waals surface area contributed by atoms with Crippen LogP contribution in [0.3, 0.4) is 0 Å². The molecule has 3 rings (SSSR count). The van der Waals surface area contributed by atoms with Gasteiger partial charge in [-0.15, -0.1) is 0 Å². The lowest BCUT2D eigenvalue weighted by molar-refractivity contribution is -0.117. The van der Waals surface area contributed by atoms with Crippen molar-refractivity contribution in [1.29, 1.82) is 0 Å². The smallest absolute Gasteiger partial charge is 0.240 e. The van der Waals surface area contributed by atoms with Crippen LogP contribution in [0.4, 0.5) is 11.4 Å². The van der Waals surface area contributed by atoms with Gasteiger partial charge in [-0.2, -0.15) is 0 Å². The van der Waals surface area contributed by atoms with Gasteiger partial charge >= 0.3 is 0 Å². The first kappa shape index (κ1) is 22.5. The Balaban J connectivity index is 1.60. The van der Waals surface area contributed by atoms with Gasteiger partial charge in [0.2, 0.25) is 21.8 Å². The molecule has 1 aliphatic heterocycles. The maximum Gasteiger partial charge on any atom is 0.240 e. The second-order valence-corrected chi connectivity index (χ2v) is 10.0. The summed E-state index contributed by atoms with van der Waals surface area (Å²) in [6.07, 6.45) is 0.613. The molecule has 0 unspecified atom stereocenters. The summed E-state index contributed by atoms with van der Waals surface area (Å²) in [5.74, 6) is -0.346. The van der Waals surface area contributed by atoms with Gasteiger partial charge in [0, 0.05) is 41.8 Å². The highest BCUT2D eigenvalue weighted by Gasteiger charge is 2.30. The lowest BCUT2D eigenvalue weighted by Gasteiger charge is -2.20. The molecule has 0 saturated heterocycles. The molecule has 0 bridgehead atoms. The first-order valence-electron chi connectivity index (χ1n) is 9.57. The molecule has 2 amide bonds. The molecule has 30 heavy (non-hydrogen) atoms. The van der Waals surface area contributed by atoms with E-state index in [-0.39, 0.29) is 35.7 Å². The van der Waals surface area contributed by atoms with E-state index in [9.17, 15) is 18.0 Å². The van der Waals surface area contributed by atoms with Gasteiger partial charge in [0.1, 0.15) is 0 Å². The van der Waals surface area contributed by atoms with E-state index in [0.717, 1.165) is 21.3 Å². The van der Waals surface area contributed by atoms with Gasteiger partial charge in [-0.05, 0) is 67.8 Å². The van der Waals surface area contributed by atoms with Crippen LogP contribution in [-0.4, -0.2) is 32.8 Å². The molecule has 1 aliphatic rings. The Labute approximate surface area is 185 Å². The van der Waals surface area contributed by atoms with Gasteiger partial charge in [-0.3, -0.25) is 9.59 Å². The fourth-order valence-corrected chi connectivity index (χ4v) is 4.91. The van der Waals surface area contributed by atoms with Crippen LogP contribution in [-0.2, 0) is 26.0 Å². The van der Waals surface area contributed by atoms with Crippen LogP contribution in [0.15, 0.2) is 45.8 Å². The fraction of sp³-hybridized carbons (Fsp3) is 0.333. The standard InChI is InChI=1S/C21H24BrN3O4S/c1-13-10-17(4-6-19(13)22)24-21(27)8-9-23-30(28,29)18-5-7-20-16(12-18)11-14(2)25(20)15(3)26/h4-7,10,12,14,23H,8-9,11H2,1-3H3,(H,24,27)/t14-/m0/s1. The number of hydrogen-bond acceptors (Lipinski definition) is 4. The number of halogens is 1. The van der Waals surface area contributed by atoms with Gasteiger partial charge in [-0.1, -0.05) is 15.9 Å². The third-order valence-electron chi connectivity index (χ3n) is 5.00. The number of aryl methyl sites for hydroxylation is 1. The zero-order chi connectivity index (χ0) is 22.1. The number of fused-ring (bicyclic) bond motifs is 1. The number of sulfonamides is 1. The van der Waals surface area contributed by atoms with Crippen molar-refractivity contribution in [2.24, 2.45) is 0 Å². The molecule has 9 heteroatoms. The van der Waals surface area contributed by atoms with Crippen LogP contribution in [0.1, 0.15) is 31.4 Å². The Morgan fingerprint density at radius 1 is 1.20 bits per heavy atom. The largest absolute Gasteiger partial charge is 0.326 e. The average molecular weight is 494 g/mol. The van der Waals surface area contributed by atoms with Crippen LogP contribution in [0.5, 0.6) is 0 Å². The normalized spacial score (nSPS) is 15.7. The van der Waals surface area contributed by atoms with Crippen molar-refractivity contribution < 1.29 is 18.0 Å². The maximum atomic E-state index is 12.6. The molecule has 1 atom stereocenters. The lowest BCUT2D eigenvalue weighted by Crippen LogP contribution is -2.33. The van der Waals surface area contributed by atoms with Crippen LogP contribution in [0.2, 0.25) is 0 Å². The molecule has 0 aliphatic carbocycles. The van der Waals surface area contributed by atoms with E-state index in [4.69, 9.17) is 0 Å². The molecule has 2 aromatic carbocycles. The molecular formula is C21H24BrN3O4S. The summed E-state index contributed by atoms with van der Waals surface area (Å²) >= 11 is 3.40. The van der Waals surface area contributed by atoms with E-state index in [2.05, 4.69) is 26.0 Å². The Morgan fingerprint density at radius 3 is 2.60 bits per heavy atom. The predicted octanol–water partition coefficient (Wildman–Crippen LogP) is 3.36. The minimum atomic E-state index is -3.76. The van der Waals surface area contributed by atoms with Crippen molar-refractivity contribution in [3.05, 3.63) is 52.0 Å². The van der Waals surface area contributed by atoms with E-state index in [1.165, 1.54) is 13.0 Å². The van der Waals surface area contributed by atoms with Crippen LogP contribution in [0.25, 0.3) is 0 Å². The van der Waals surface area contributed by atoms with Gasteiger partial charge in [0.05, 0.1) is 4.90 Å². The van der Waals surface area contributed by atoms with E-state index in [1.807, 2.05) is 26.0 Å². The number of nitrogens with zero attached hydrogens (tertiary/aromatic N) is 1. The fourth-order valence-electron chi connectivity index (χ4n) is 3.58. The average Bonchev–Trinajstić information content (AvgIpc) is 2.99. The van der Waals surface area contributed by atoms with Crippen molar-refractivity contribution in [2.45, 2.75) is 44.6 Å². The SMILES string of the molecule is CC(=O)N1c2ccc(S(=O)(=O)NCCC(=O)Nc3ccc(Br)c(C)c3)cc2C[C@@H]1C.